The monoisotopic (exact) mass is 245 g/mol. The van der Waals surface area contributed by atoms with Gasteiger partial charge in [0.25, 0.3) is 0 Å². The largest absolute Gasteiger partial charge is 0.476 e. The standard InChI is InChI=1S/C12H15N5O/c13-17-8-16-11-10(14-7-15-11)12(17)18-6-9-4-2-1-3-5-9/h1-2,7-9H,3-6,13H2. The third-order valence-corrected chi connectivity index (χ3v) is 3.15. The fourth-order valence-corrected chi connectivity index (χ4v) is 2.14. The Labute approximate surface area is 105 Å². The second-order valence-electron chi connectivity index (χ2n) is 4.46. The van der Waals surface area contributed by atoms with Crippen LogP contribution < -0.4 is 10.6 Å². The van der Waals surface area contributed by atoms with Gasteiger partial charge in [-0.05, 0) is 25.2 Å². The zero-order chi connectivity index (χ0) is 12.4. The van der Waals surface area contributed by atoms with Crippen LogP contribution in [0.25, 0.3) is 11.5 Å². The lowest BCUT2D eigenvalue weighted by Crippen LogP contribution is -2.20. The second kappa shape index (κ2) is 4.64. The van der Waals surface area contributed by atoms with Crippen molar-refractivity contribution in [3.63, 3.8) is 0 Å². The number of hydrogen-bond donors (Lipinski definition) is 1. The Morgan fingerprint density at radius 3 is 3.11 bits per heavy atom. The van der Waals surface area contributed by atoms with Gasteiger partial charge >= 0.3 is 0 Å². The van der Waals surface area contributed by atoms with E-state index in [1.807, 2.05) is 0 Å². The summed E-state index contributed by atoms with van der Waals surface area (Å²) in [5.41, 5.74) is 0.617. The Morgan fingerprint density at radius 2 is 2.28 bits per heavy atom. The molecule has 0 bridgehead atoms. The van der Waals surface area contributed by atoms with Crippen molar-refractivity contribution in [1.29, 1.82) is 0 Å². The normalized spacial score (nSPS) is 19.2. The van der Waals surface area contributed by atoms with E-state index in [1.54, 1.807) is 0 Å². The molecule has 3 aliphatic rings. The van der Waals surface area contributed by atoms with Gasteiger partial charge in [0.2, 0.25) is 5.88 Å². The minimum atomic E-state index is 0.534. The number of nitrogen functional groups attached to an aromatic ring is 1. The van der Waals surface area contributed by atoms with E-state index >= 15 is 0 Å². The van der Waals surface area contributed by atoms with Crippen molar-refractivity contribution >= 4 is 0 Å². The van der Waals surface area contributed by atoms with E-state index in [-0.39, 0.29) is 0 Å². The fraction of sp³-hybridized carbons (Fsp3) is 0.417. The summed E-state index contributed by atoms with van der Waals surface area (Å²) < 4.78 is 7.17. The van der Waals surface area contributed by atoms with E-state index in [0.717, 1.165) is 19.3 Å². The molecule has 0 aromatic carbocycles. The third kappa shape index (κ3) is 2.01. The van der Waals surface area contributed by atoms with Gasteiger partial charge in [0.1, 0.15) is 12.7 Å². The van der Waals surface area contributed by atoms with Gasteiger partial charge in [0, 0.05) is 0 Å². The quantitative estimate of drug-likeness (QED) is 0.650. The van der Waals surface area contributed by atoms with E-state index in [9.17, 15) is 0 Å². The first-order valence-corrected chi connectivity index (χ1v) is 6.05. The number of ether oxygens (including phenoxy) is 1. The number of imidazole rings is 1. The summed E-state index contributed by atoms with van der Waals surface area (Å²) in [4.78, 5) is 12.2. The molecule has 0 radical (unpaired) electrons. The van der Waals surface area contributed by atoms with Gasteiger partial charge in [-0.3, -0.25) is 0 Å². The van der Waals surface area contributed by atoms with Crippen LogP contribution in [0.15, 0.2) is 24.8 Å². The van der Waals surface area contributed by atoms with Gasteiger partial charge in [0.05, 0.1) is 6.61 Å². The molecule has 6 heteroatoms. The molecule has 0 amide bonds. The Balaban J connectivity index is 1.76. The van der Waals surface area contributed by atoms with Crippen LogP contribution in [-0.2, 0) is 0 Å². The highest BCUT2D eigenvalue weighted by Gasteiger charge is 2.19. The van der Waals surface area contributed by atoms with E-state index in [2.05, 4.69) is 27.1 Å². The van der Waals surface area contributed by atoms with Gasteiger partial charge in [0.15, 0.2) is 11.5 Å². The molecule has 2 aliphatic heterocycles. The number of aromatic nitrogens is 4. The van der Waals surface area contributed by atoms with Gasteiger partial charge in [-0.1, -0.05) is 12.2 Å². The van der Waals surface area contributed by atoms with Crippen LogP contribution >= 0.6 is 0 Å². The highest BCUT2D eigenvalue weighted by molar-refractivity contribution is 5.57. The molecule has 18 heavy (non-hydrogen) atoms. The van der Waals surface area contributed by atoms with Gasteiger partial charge in [-0.2, -0.15) is 0 Å². The predicted octanol–water partition coefficient (Wildman–Crippen LogP) is 1.23. The third-order valence-electron chi connectivity index (χ3n) is 3.15. The SMILES string of the molecule is Nn1cnc2ncnc-2c1OCC1CC=CCC1. The van der Waals surface area contributed by atoms with Crippen molar-refractivity contribution in [2.45, 2.75) is 19.3 Å². The summed E-state index contributed by atoms with van der Waals surface area (Å²) in [6.07, 6.45) is 10.7. The van der Waals surface area contributed by atoms with Crippen molar-refractivity contribution in [3.8, 4) is 17.4 Å². The first-order chi connectivity index (χ1) is 8.84. The second-order valence-corrected chi connectivity index (χ2v) is 4.46. The molecular formula is C12H15N5O. The molecule has 0 fully saturated rings. The Bertz CT molecular complexity index is 535. The van der Waals surface area contributed by atoms with Crippen molar-refractivity contribution in [1.82, 2.24) is 19.6 Å². The smallest absolute Gasteiger partial charge is 0.244 e. The lowest BCUT2D eigenvalue weighted by molar-refractivity contribution is 0.225. The number of fused-ring (bicyclic) bond motifs is 1. The molecular weight excluding hydrogens is 230 g/mol. The van der Waals surface area contributed by atoms with Gasteiger partial charge < -0.3 is 10.6 Å². The van der Waals surface area contributed by atoms with Crippen LogP contribution in [0.4, 0.5) is 0 Å². The number of allylic oxidation sites excluding steroid dienone is 2. The summed E-state index contributed by atoms with van der Waals surface area (Å²) in [6, 6.07) is 0. The van der Waals surface area contributed by atoms with Crippen molar-refractivity contribution in [3.05, 3.63) is 24.8 Å². The van der Waals surface area contributed by atoms with Gasteiger partial charge in [-0.15, -0.1) is 0 Å². The average Bonchev–Trinajstić information content (AvgIpc) is 2.87. The lowest BCUT2D eigenvalue weighted by atomic mass is 9.95. The highest BCUT2D eigenvalue weighted by atomic mass is 16.5. The molecule has 2 N–H and O–H groups in total. The number of nitrogens with two attached hydrogens (primary N) is 1. The molecule has 0 saturated heterocycles. The van der Waals surface area contributed by atoms with Crippen LogP contribution in [0.5, 0.6) is 5.88 Å². The molecule has 0 aromatic heterocycles. The number of rotatable bonds is 3. The van der Waals surface area contributed by atoms with E-state index in [4.69, 9.17) is 10.6 Å². The number of hydrogen-bond acceptors (Lipinski definition) is 5. The molecule has 0 spiro atoms. The summed E-state index contributed by atoms with van der Waals surface area (Å²) in [5.74, 6) is 7.45. The molecule has 1 unspecified atom stereocenters. The molecule has 3 rings (SSSR count). The molecule has 94 valence electrons. The Morgan fingerprint density at radius 1 is 1.33 bits per heavy atom. The topological polar surface area (TPSA) is 78.9 Å². The molecule has 6 nitrogen and oxygen atoms in total. The van der Waals surface area contributed by atoms with Crippen LogP contribution in [0.2, 0.25) is 0 Å². The zero-order valence-corrected chi connectivity index (χ0v) is 9.99. The zero-order valence-electron chi connectivity index (χ0n) is 9.99. The Kier molecular flexibility index (Phi) is 2.84. The maximum atomic E-state index is 5.81. The molecule has 0 saturated carbocycles. The summed E-state index contributed by atoms with van der Waals surface area (Å²) in [7, 11) is 0. The number of nitrogens with zero attached hydrogens (tertiary/aromatic N) is 4. The van der Waals surface area contributed by atoms with E-state index in [0.29, 0.717) is 29.9 Å². The maximum Gasteiger partial charge on any atom is 0.244 e. The first-order valence-electron chi connectivity index (χ1n) is 6.05. The summed E-state index contributed by atoms with van der Waals surface area (Å²) in [6.45, 7) is 0.646. The Hall–Kier alpha value is -2.11. The first kappa shape index (κ1) is 11.0. The van der Waals surface area contributed by atoms with Crippen molar-refractivity contribution in [2.75, 3.05) is 12.4 Å². The van der Waals surface area contributed by atoms with Crippen molar-refractivity contribution in [2.24, 2.45) is 5.92 Å². The van der Waals surface area contributed by atoms with Crippen LogP contribution in [0, 0.1) is 5.92 Å². The summed E-state index contributed by atoms with van der Waals surface area (Å²) in [5, 5.41) is 0. The van der Waals surface area contributed by atoms with Crippen LogP contribution in [0.1, 0.15) is 19.3 Å². The average molecular weight is 245 g/mol. The van der Waals surface area contributed by atoms with Crippen LogP contribution in [0.3, 0.4) is 0 Å². The fourth-order valence-electron chi connectivity index (χ4n) is 2.14. The minimum Gasteiger partial charge on any atom is -0.476 e. The maximum absolute atomic E-state index is 5.81. The van der Waals surface area contributed by atoms with Crippen LogP contribution in [-0.4, -0.2) is 26.2 Å². The van der Waals surface area contributed by atoms with Crippen molar-refractivity contribution < 1.29 is 4.74 Å². The van der Waals surface area contributed by atoms with E-state index in [1.165, 1.54) is 17.3 Å². The van der Waals surface area contributed by atoms with Gasteiger partial charge in [-0.25, -0.2) is 19.6 Å². The molecule has 1 aliphatic carbocycles. The molecule has 0 aromatic rings. The highest BCUT2D eigenvalue weighted by Crippen LogP contribution is 2.26. The van der Waals surface area contributed by atoms with E-state index < -0.39 is 0 Å². The minimum absolute atomic E-state index is 0.534. The molecule has 1 atom stereocenters. The lowest BCUT2D eigenvalue weighted by Gasteiger charge is -2.19. The summed E-state index contributed by atoms with van der Waals surface area (Å²) >= 11 is 0. The predicted molar refractivity (Wildman–Crippen MR) is 66.6 cm³/mol. The molecule has 2 heterocycles.